The lowest BCUT2D eigenvalue weighted by Gasteiger charge is -2.14. The topological polar surface area (TPSA) is 49.3 Å². The Bertz CT molecular complexity index is 329. The zero-order valence-electron chi connectivity index (χ0n) is 10.1. The number of carboxylic acid groups (broad SMARTS) is 1. The molecule has 0 heterocycles. The van der Waals surface area contributed by atoms with Crippen LogP contribution in [0.3, 0.4) is 0 Å². The normalized spacial score (nSPS) is 12.3. The van der Waals surface area contributed by atoms with E-state index in [1.165, 1.54) is 0 Å². The van der Waals surface area contributed by atoms with E-state index in [1.807, 2.05) is 42.1 Å². The zero-order chi connectivity index (χ0) is 12.5. The van der Waals surface area contributed by atoms with Gasteiger partial charge in [-0.25, -0.2) is 0 Å². The molecule has 1 unspecified atom stereocenters. The van der Waals surface area contributed by atoms with Gasteiger partial charge in [0.15, 0.2) is 0 Å². The summed E-state index contributed by atoms with van der Waals surface area (Å²) in [5.74, 6) is 1.37. The second kappa shape index (κ2) is 8.14. The first-order valence-electron chi connectivity index (χ1n) is 5.84. The Kier molecular flexibility index (Phi) is 6.74. The van der Waals surface area contributed by atoms with E-state index in [2.05, 4.69) is 12.2 Å². The zero-order valence-corrected chi connectivity index (χ0v) is 10.9. The molecule has 17 heavy (non-hydrogen) atoms. The third-order valence-electron chi connectivity index (χ3n) is 2.40. The molecule has 0 spiro atoms. The third-order valence-corrected chi connectivity index (χ3v) is 3.38. The first-order chi connectivity index (χ1) is 8.25. The fourth-order valence-corrected chi connectivity index (χ4v) is 2.20. The Hall–Kier alpha value is -1.00. The quantitative estimate of drug-likeness (QED) is 0.699. The van der Waals surface area contributed by atoms with Crippen molar-refractivity contribution < 1.29 is 9.90 Å². The molecule has 0 amide bonds. The van der Waals surface area contributed by atoms with Gasteiger partial charge < -0.3 is 10.4 Å². The van der Waals surface area contributed by atoms with E-state index in [9.17, 15) is 4.79 Å². The first kappa shape index (κ1) is 14.1. The Morgan fingerprint density at radius 3 is 2.71 bits per heavy atom. The van der Waals surface area contributed by atoms with Gasteiger partial charge in [-0.3, -0.25) is 4.79 Å². The molecule has 0 saturated heterocycles. The highest BCUT2D eigenvalue weighted by Crippen LogP contribution is 2.12. The first-order valence-corrected chi connectivity index (χ1v) is 7.00. The molecule has 2 N–H and O–H groups in total. The van der Waals surface area contributed by atoms with E-state index in [0.29, 0.717) is 0 Å². The van der Waals surface area contributed by atoms with E-state index in [4.69, 9.17) is 5.11 Å². The molecule has 0 saturated carbocycles. The van der Waals surface area contributed by atoms with Gasteiger partial charge in [0.2, 0.25) is 0 Å². The summed E-state index contributed by atoms with van der Waals surface area (Å²) in [6.45, 7) is 2.86. The van der Waals surface area contributed by atoms with Crippen LogP contribution in [-0.2, 0) is 4.79 Å². The van der Waals surface area contributed by atoms with Crippen LogP contribution in [0.1, 0.15) is 24.9 Å². The fraction of sp³-hybridized carbons (Fsp3) is 0.462. The van der Waals surface area contributed by atoms with Crippen LogP contribution < -0.4 is 5.32 Å². The van der Waals surface area contributed by atoms with Crippen LogP contribution in [0.4, 0.5) is 0 Å². The minimum absolute atomic E-state index is 0.595. The van der Waals surface area contributed by atoms with Crippen molar-refractivity contribution in [2.24, 2.45) is 0 Å². The van der Waals surface area contributed by atoms with Crippen molar-refractivity contribution >= 4 is 17.7 Å². The van der Waals surface area contributed by atoms with Crippen LogP contribution in [0, 0.1) is 0 Å². The lowest BCUT2D eigenvalue weighted by atomic mass is 10.1. The van der Waals surface area contributed by atoms with E-state index in [1.54, 1.807) is 0 Å². The van der Waals surface area contributed by atoms with Crippen LogP contribution in [0.25, 0.3) is 0 Å². The van der Waals surface area contributed by atoms with E-state index in [-0.39, 0.29) is 0 Å². The Balaban J connectivity index is 2.42. The number of hydrogen-bond acceptors (Lipinski definition) is 3. The number of carbonyl (C=O) groups is 1. The summed E-state index contributed by atoms with van der Waals surface area (Å²) in [4.78, 5) is 11.2. The molecule has 0 aliphatic rings. The van der Waals surface area contributed by atoms with Crippen molar-refractivity contribution in [3.05, 3.63) is 35.9 Å². The van der Waals surface area contributed by atoms with Gasteiger partial charge in [0.05, 0.1) is 0 Å². The van der Waals surface area contributed by atoms with Crippen molar-refractivity contribution in [1.82, 2.24) is 5.32 Å². The van der Waals surface area contributed by atoms with Crippen LogP contribution in [0.5, 0.6) is 0 Å². The van der Waals surface area contributed by atoms with Gasteiger partial charge in [0, 0.05) is 0 Å². The maximum absolute atomic E-state index is 11.2. The number of aliphatic carboxylic acids is 1. The van der Waals surface area contributed by atoms with Crippen molar-refractivity contribution in [2.45, 2.75) is 19.4 Å². The maximum atomic E-state index is 11.2. The molecule has 0 bridgehead atoms. The summed E-state index contributed by atoms with van der Waals surface area (Å²) < 4.78 is 0. The second-order valence-corrected chi connectivity index (χ2v) is 5.08. The summed E-state index contributed by atoms with van der Waals surface area (Å²) in [5, 5.41) is 12.2. The molecule has 0 aliphatic carbocycles. The van der Waals surface area contributed by atoms with Gasteiger partial charge in [-0.1, -0.05) is 37.3 Å². The SMILES string of the molecule is CCSCCCNC(C(=O)O)c1ccccc1. The third kappa shape index (κ3) is 5.24. The van der Waals surface area contributed by atoms with Gasteiger partial charge >= 0.3 is 5.97 Å². The lowest BCUT2D eigenvalue weighted by molar-refractivity contribution is -0.139. The predicted molar refractivity (Wildman–Crippen MR) is 72.4 cm³/mol. The number of carboxylic acids is 1. The summed E-state index contributed by atoms with van der Waals surface area (Å²) in [7, 11) is 0. The fourth-order valence-electron chi connectivity index (χ4n) is 1.56. The van der Waals surface area contributed by atoms with Gasteiger partial charge in [-0.05, 0) is 30.0 Å². The smallest absolute Gasteiger partial charge is 0.325 e. The Morgan fingerprint density at radius 2 is 2.12 bits per heavy atom. The molecule has 4 heteroatoms. The molecule has 3 nitrogen and oxygen atoms in total. The number of benzene rings is 1. The van der Waals surface area contributed by atoms with Gasteiger partial charge in [0.1, 0.15) is 6.04 Å². The number of rotatable bonds is 8. The van der Waals surface area contributed by atoms with Crippen LogP contribution in [-0.4, -0.2) is 29.1 Å². The predicted octanol–water partition coefficient (Wildman–Crippen LogP) is 2.55. The van der Waals surface area contributed by atoms with Gasteiger partial charge in [-0.15, -0.1) is 0 Å². The highest BCUT2D eigenvalue weighted by molar-refractivity contribution is 7.99. The maximum Gasteiger partial charge on any atom is 0.325 e. The molecule has 1 aromatic carbocycles. The molecule has 1 atom stereocenters. The molecular formula is C13H19NO2S. The summed E-state index contributed by atoms with van der Waals surface area (Å²) in [5.41, 5.74) is 0.808. The summed E-state index contributed by atoms with van der Waals surface area (Å²) in [6, 6.07) is 8.70. The highest BCUT2D eigenvalue weighted by Gasteiger charge is 2.17. The van der Waals surface area contributed by atoms with E-state index in [0.717, 1.165) is 30.0 Å². The van der Waals surface area contributed by atoms with Crippen molar-refractivity contribution in [3.63, 3.8) is 0 Å². The average molecular weight is 253 g/mol. The number of hydrogen-bond donors (Lipinski definition) is 2. The summed E-state index contributed by atoms with van der Waals surface area (Å²) >= 11 is 1.88. The highest BCUT2D eigenvalue weighted by atomic mass is 32.2. The summed E-state index contributed by atoms with van der Waals surface area (Å²) in [6.07, 6.45) is 0.995. The molecular weight excluding hydrogens is 234 g/mol. The monoisotopic (exact) mass is 253 g/mol. The second-order valence-electron chi connectivity index (χ2n) is 3.69. The Labute approximate surface area is 107 Å². The Morgan fingerprint density at radius 1 is 1.41 bits per heavy atom. The standard InChI is InChI=1S/C13H19NO2S/c1-2-17-10-6-9-14-12(13(15)16)11-7-4-3-5-8-11/h3-5,7-8,12,14H,2,6,9-10H2,1H3,(H,15,16). The van der Waals surface area contributed by atoms with Crippen LogP contribution in [0.15, 0.2) is 30.3 Å². The van der Waals surface area contributed by atoms with Crippen LogP contribution >= 0.6 is 11.8 Å². The van der Waals surface area contributed by atoms with Gasteiger partial charge in [-0.2, -0.15) is 11.8 Å². The number of nitrogens with one attached hydrogen (secondary N) is 1. The lowest BCUT2D eigenvalue weighted by Crippen LogP contribution is -2.29. The average Bonchev–Trinajstić information content (AvgIpc) is 2.34. The molecule has 1 aromatic rings. The van der Waals surface area contributed by atoms with Gasteiger partial charge in [0.25, 0.3) is 0 Å². The van der Waals surface area contributed by atoms with E-state index >= 15 is 0 Å². The largest absolute Gasteiger partial charge is 0.480 e. The minimum atomic E-state index is -0.820. The molecule has 94 valence electrons. The molecule has 0 aromatic heterocycles. The molecule has 0 fully saturated rings. The van der Waals surface area contributed by atoms with E-state index < -0.39 is 12.0 Å². The minimum Gasteiger partial charge on any atom is -0.480 e. The van der Waals surface area contributed by atoms with Crippen molar-refractivity contribution in [3.8, 4) is 0 Å². The van der Waals surface area contributed by atoms with Crippen LogP contribution in [0.2, 0.25) is 0 Å². The van der Waals surface area contributed by atoms with Crippen molar-refractivity contribution in [1.29, 1.82) is 0 Å². The van der Waals surface area contributed by atoms with Crippen molar-refractivity contribution in [2.75, 3.05) is 18.1 Å². The molecule has 1 rings (SSSR count). The molecule has 0 aliphatic heterocycles. The number of thioether (sulfide) groups is 1. The molecule has 0 radical (unpaired) electrons.